The van der Waals surface area contributed by atoms with Crippen molar-refractivity contribution in [2.75, 3.05) is 17.1 Å². The summed E-state index contributed by atoms with van der Waals surface area (Å²) < 4.78 is 26.9. The summed E-state index contributed by atoms with van der Waals surface area (Å²) in [4.78, 5) is 0.141. The Labute approximate surface area is 128 Å². The van der Waals surface area contributed by atoms with Gasteiger partial charge in [-0.25, -0.2) is 8.42 Å². The number of nitrogens with one attached hydrogen (secondary N) is 2. The molecule has 2 rings (SSSR count). The summed E-state index contributed by atoms with van der Waals surface area (Å²) in [7, 11) is -1.94. The van der Waals surface area contributed by atoms with Crippen molar-refractivity contribution >= 4 is 33.0 Å². The van der Waals surface area contributed by atoms with Crippen LogP contribution in [-0.4, -0.2) is 15.5 Å². The normalized spacial score (nSPS) is 10.7. The minimum absolute atomic E-state index is 0.141. The summed E-state index contributed by atoms with van der Waals surface area (Å²) in [6.07, 6.45) is 0. The van der Waals surface area contributed by atoms with Crippen LogP contribution in [0.2, 0.25) is 5.02 Å². The summed E-state index contributed by atoms with van der Waals surface area (Å²) in [5.41, 5.74) is 1.41. The van der Waals surface area contributed by atoms with Gasteiger partial charge in [-0.2, -0.15) is 5.26 Å². The summed E-state index contributed by atoms with van der Waals surface area (Å²) in [6.45, 7) is 0. The third-order valence-electron chi connectivity index (χ3n) is 2.80. The minimum atomic E-state index is -3.69. The Kier molecular flexibility index (Phi) is 4.36. The molecule has 108 valence electrons. The van der Waals surface area contributed by atoms with E-state index in [4.69, 9.17) is 16.9 Å². The average molecular weight is 322 g/mol. The van der Waals surface area contributed by atoms with Crippen LogP contribution in [-0.2, 0) is 10.0 Å². The van der Waals surface area contributed by atoms with E-state index in [-0.39, 0.29) is 15.5 Å². The van der Waals surface area contributed by atoms with Crippen LogP contribution in [0.15, 0.2) is 47.4 Å². The molecule has 0 bridgehead atoms. The second-order valence-electron chi connectivity index (χ2n) is 4.19. The minimum Gasteiger partial charge on any atom is -0.388 e. The first-order chi connectivity index (χ1) is 9.96. The number of hydrogen-bond acceptors (Lipinski definition) is 4. The van der Waals surface area contributed by atoms with Gasteiger partial charge >= 0.3 is 0 Å². The van der Waals surface area contributed by atoms with Crippen molar-refractivity contribution in [3.8, 4) is 6.07 Å². The summed E-state index contributed by atoms with van der Waals surface area (Å²) in [6, 6.07) is 12.6. The predicted octanol–water partition coefficient (Wildman–Crippen LogP) is 3.05. The lowest BCUT2D eigenvalue weighted by atomic mass is 10.2. The molecular formula is C14H12ClN3O2S. The van der Waals surface area contributed by atoms with Crippen molar-refractivity contribution in [3.05, 3.63) is 53.1 Å². The highest BCUT2D eigenvalue weighted by Gasteiger charge is 2.14. The van der Waals surface area contributed by atoms with Gasteiger partial charge in [0.05, 0.1) is 21.2 Å². The molecule has 2 aromatic carbocycles. The Morgan fingerprint density at radius 2 is 1.71 bits per heavy atom. The molecule has 0 saturated heterocycles. The summed E-state index contributed by atoms with van der Waals surface area (Å²) in [5, 5.41) is 11.9. The van der Waals surface area contributed by atoms with Gasteiger partial charge in [0.15, 0.2) is 0 Å². The topological polar surface area (TPSA) is 82.0 Å². The molecule has 2 aromatic rings. The van der Waals surface area contributed by atoms with E-state index in [9.17, 15) is 8.42 Å². The Bertz CT molecular complexity index is 796. The van der Waals surface area contributed by atoms with Crippen LogP contribution < -0.4 is 10.0 Å². The molecule has 0 unspecified atom stereocenters. The number of hydrogen-bond donors (Lipinski definition) is 2. The lowest BCUT2D eigenvalue weighted by molar-refractivity contribution is 0.601. The second-order valence-corrected chi connectivity index (χ2v) is 6.28. The molecular weight excluding hydrogens is 310 g/mol. The molecule has 0 spiro atoms. The molecule has 0 aliphatic heterocycles. The van der Waals surface area contributed by atoms with Crippen LogP contribution in [0.5, 0.6) is 0 Å². The molecule has 7 heteroatoms. The van der Waals surface area contributed by atoms with Crippen LogP contribution in [0, 0.1) is 11.3 Å². The Hall–Kier alpha value is -2.23. The molecule has 0 fully saturated rings. The first-order valence-corrected chi connectivity index (χ1v) is 7.82. The van der Waals surface area contributed by atoms with Gasteiger partial charge in [0, 0.05) is 12.7 Å². The molecule has 0 aliphatic carbocycles. The third kappa shape index (κ3) is 3.45. The zero-order chi connectivity index (χ0) is 15.5. The van der Waals surface area contributed by atoms with Gasteiger partial charge in [-0.3, -0.25) is 4.72 Å². The fraction of sp³-hybridized carbons (Fsp3) is 0.0714. The van der Waals surface area contributed by atoms with E-state index in [2.05, 4.69) is 10.0 Å². The predicted molar refractivity (Wildman–Crippen MR) is 83.0 cm³/mol. The van der Waals surface area contributed by atoms with E-state index in [1.165, 1.54) is 30.3 Å². The highest BCUT2D eigenvalue weighted by Crippen LogP contribution is 2.23. The van der Waals surface area contributed by atoms with Crippen LogP contribution in [0.4, 0.5) is 11.4 Å². The van der Waals surface area contributed by atoms with Gasteiger partial charge in [0.25, 0.3) is 10.0 Å². The van der Waals surface area contributed by atoms with Crippen molar-refractivity contribution in [2.24, 2.45) is 0 Å². The Morgan fingerprint density at radius 3 is 2.24 bits per heavy atom. The van der Waals surface area contributed by atoms with Crippen molar-refractivity contribution in [1.29, 1.82) is 5.26 Å². The highest BCUT2D eigenvalue weighted by molar-refractivity contribution is 7.92. The van der Waals surface area contributed by atoms with Gasteiger partial charge in [-0.05, 0) is 42.5 Å². The monoisotopic (exact) mass is 321 g/mol. The molecule has 0 heterocycles. The Morgan fingerprint density at radius 1 is 1.10 bits per heavy atom. The molecule has 5 nitrogen and oxygen atoms in total. The maximum absolute atomic E-state index is 12.2. The van der Waals surface area contributed by atoms with Crippen molar-refractivity contribution in [2.45, 2.75) is 4.90 Å². The highest BCUT2D eigenvalue weighted by atomic mass is 35.5. The van der Waals surface area contributed by atoms with E-state index >= 15 is 0 Å². The standard InChI is InChI=1S/C14H12ClN3O2S/c1-17-11-4-6-13(7-5-11)21(19,20)18-12-3-2-10(9-16)14(15)8-12/h2-8,17-18H,1H3. The lowest BCUT2D eigenvalue weighted by Crippen LogP contribution is -2.13. The van der Waals surface area contributed by atoms with Crippen LogP contribution in [0.25, 0.3) is 0 Å². The second kappa shape index (κ2) is 6.04. The molecule has 21 heavy (non-hydrogen) atoms. The van der Waals surface area contributed by atoms with Crippen molar-refractivity contribution < 1.29 is 8.42 Å². The fourth-order valence-corrected chi connectivity index (χ4v) is 2.96. The zero-order valence-corrected chi connectivity index (χ0v) is 12.7. The SMILES string of the molecule is CNc1ccc(S(=O)(=O)Nc2ccc(C#N)c(Cl)c2)cc1. The summed E-state index contributed by atoms with van der Waals surface area (Å²) in [5.74, 6) is 0. The molecule has 0 saturated carbocycles. The number of halogens is 1. The fourth-order valence-electron chi connectivity index (χ4n) is 1.68. The Balaban J connectivity index is 2.28. The van der Waals surface area contributed by atoms with Gasteiger partial charge in [-0.15, -0.1) is 0 Å². The third-order valence-corrected chi connectivity index (χ3v) is 4.50. The smallest absolute Gasteiger partial charge is 0.261 e. The van der Waals surface area contributed by atoms with E-state index < -0.39 is 10.0 Å². The van der Waals surface area contributed by atoms with E-state index in [0.29, 0.717) is 5.69 Å². The van der Waals surface area contributed by atoms with Crippen molar-refractivity contribution in [3.63, 3.8) is 0 Å². The zero-order valence-electron chi connectivity index (χ0n) is 11.1. The largest absolute Gasteiger partial charge is 0.388 e. The van der Waals surface area contributed by atoms with Gasteiger partial charge in [-0.1, -0.05) is 11.6 Å². The maximum atomic E-state index is 12.2. The van der Waals surface area contributed by atoms with Gasteiger partial charge < -0.3 is 5.32 Å². The van der Waals surface area contributed by atoms with Crippen LogP contribution in [0.3, 0.4) is 0 Å². The number of benzene rings is 2. The van der Waals surface area contributed by atoms with Crippen LogP contribution >= 0.6 is 11.6 Å². The molecule has 2 N–H and O–H groups in total. The molecule has 0 radical (unpaired) electrons. The summed E-state index contributed by atoms with van der Waals surface area (Å²) >= 11 is 5.88. The number of nitriles is 1. The van der Waals surface area contributed by atoms with Crippen molar-refractivity contribution in [1.82, 2.24) is 0 Å². The van der Waals surface area contributed by atoms with Gasteiger partial charge in [0.2, 0.25) is 0 Å². The molecule has 0 amide bonds. The maximum Gasteiger partial charge on any atom is 0.261 e. The van der Waals surface area contributed by atoms with Gasteiger partial charge in [0.1, 0.15) is 6.07 Å². The lowest BCUT2D eigenvalue weighted by Gasteiger charge is -2.09. The molecule has 0 aromatic heterocycles. The number of nitrogens with zero attached hydrogens (tertiary/aromatic N) is 1. The van der Waals surface area contributed by atoms with E-state index in [0.717, 1.165) is 5.69 Å². The van der Waals surface area contributed by atoms with Crippen LogP contribution in [0.1, 0.15) is 5.56 Å². The average Bonchev–Trinajstić information content (AvgIpc) is 2.47. The first-order valence-electron chi connectivity index (χ1n) is 5.96. The van der Waals surface area contributed by atoms with E-state index in [1.54, 1.807) is 19.2 Å². The molecule has 0 atom stereocenters. The number of anilines is 2. The first kappa shape index (κ1) is 15.2. The van der Waals surface area contributed by atoms with E-state index in [1.807, 2.05) is 6.07 Å². The quantitative estimate of drug-likeness (QED) is 0.906. The number of sulfonamides is 1. The molecule has 0 aliphatic rings. The number of rotatable bonds is 4.